The Balaban J connectivity index is 1.76. The third kappa shape index (κ3) is 3.10. The summed E-state index contributed by atoms with van der Waals surface area (Å²) in [6.07, 6.45) is 3.33. The van der Waals surface area contributed by atoms with Gasteiger partial charge < -0.3 is 4.57 Å². The Labute approximate surface area is 143 Å². The molecule has 0 N–H and O–H groups in total. The molecule has 1 aromatic carbocycles. The van der Waals surface area contributed by atoms with Crippen molar-refractivity contribution in [3.63, 3.8) is 0 Å². The monoisotopic (exact) mass is 348 g/mol. The number of benzene rings is 1. The maximum Gasteiger partial charge on any atom is 0.243 e. The minimum absolute atomic E-state index is 0.265. The van der Waals surface area contributed by atoms with Gasteiger partial charge >= 0.3 is 0 Å². The molecule has 1 aromatic heterocycles. The van der Waals surface area contributed by atoms with Gasteiger partial charge in [0.25, 0.3) is 0 Å². The van der Waals surface area contributed by atoms with E-state index in [4.69, 9.17) is 0 Å². The molecule has 0 radical (unpaired) electrons. The van der Waals surface area contributed by atoms with Gasteiger partial charge in [0, 0.05) is 25.0 Å². The highest BCUT2D eigenvalue weighted by atomic mass is 32.2. The molecule has 1 aliphatic heterocycles. The van der Waals surface area contributed by atoms with Gasteiger partial charge in [-0.2, -0.15) is 4.31 Å². The summed E-state index contributed by atoms with van der Waals surface area (Å²) >= 11 is 0. The summed E-state index contributed by atoms with van der Waals surface area (Å²) < 4.78 is 29.5. The quantitative estimate of drug-likeness (QED) is 0.852. The van der Waals surface area contributed by atoms with Crippen LogP contribution in [0.5, 0.6) is 0 Å². The molecule has 0 atom stereocenters. The maximum absolute atomic E-state index is 12.9. The Morgan fingerprint density at radius 2 is 1.83 bits per heavy atom. The Morgan fingerprint density at radius 1 is 1.17 bits per heavy atom. The van der Waals surface area contributed by atoms with E-state index in [1.807, 2.05) is 19.1 Å². The van der Waals surface area contributed by atoms with E-state index >= 15 is 0 Å². The van der Waals surface area contributed by atoms with Crippen molar-refractivity contribution in [2.45, 2.75) is 50.5 Å². The lowest BCUT2D eigenvalue weighted by Crippen LogP contribution is -2.39. The Kier molecular flexibility index (Phi) is 4.73. The van der Waals surface area contributed by atoms with Crippen LogP contribution in [0.25, 0.3) is 0 Å². The Hall–Kier alpha value is -1.73. The number of piperidine rings is 1. The zero-order valence-electron chi connectivity index (χ0n) is 14.4. The van der Waals surface area contributed by atoms with Crippen LogP contribution < -0.4 is 0 Å². The first kappa shape index (κ1) is 17.1. The zero-order chi connectivity index (χ0) is 17.3. The first-order chi connectivity index (χ1) is 11.4. The fourth-order valence-corrected chi connectivity index (χ4v) is 4.99. The van der Waals surface area contributed by atoms with Crippen LogP contribution in [0.1, 0.15) is 50.0 Å². The van der Waals surface area contributed by atoms with Crippen molar-refractivity contribution in [3.05, 3.63) is 42.0 Å². The summed E-state index contributed by atoms with van der Waals surface area (Å²) in [7, 11) is -3.42. The maximum atomic E-state index is 12.9. The predicted molar refractivity (Wildman–Crippen MR) is 92.3 cm³/mol. The summed E-state index contributed by atoms with van der Waals surface area (Å²) in [4.78, 5) is 0.413. The molecule has 0 unspecified atom stereocenters. The molecule has 7 heteroatoms. The van der Waals surface area contributed by atoms with Gasteiger partial charge in [-0.25, -0.2) is 8.42 Å². The van der Waals surface area contributed by atoms with Crippen molar-refractivity contribution < 1.29 is 8.42 Å². The van der Waals surface area contributed by atoms with E-state index in [-0.39, 0.29) is 6.04 Å². The number of hydrogen-bond acceptors (Lipinski definition) is 4. The summed E-state index contributed by atoms with van der Waals surface area (Å²) in [6, 6.07) is 7.43. The highest BCUT2D eigenvalue weighted by Crippen LogP contribution is 2.29. The molecule has 2 aromatic rings. The van der Waals surface area contributed by atoms with Gasteiger partial charge in [0.2, 0.25) is 10.0 Å². The molecule has 1 fully saturated rings. The third-order valence-electron chi connectivity index (χ3n) is 4.65. The summed E-state index contributed by atoms with van der Waals surface area (Å²) in [6.45, 7) is 7.08. The minimum Gasteiger partial charge on any atom is -0.314 e. The third-order valence-corrected chi connectivity index (χ3v) is 6.70. The molecule has 1 aliphatic rings. The molecule has 1 saturated heterocycles. The van der Waals surface area contributed by atoms with Gasteiger partial charge in [-0.3, -0.25) is 0 Å². The van der Waals surface area contributed by atoms with Crippen molar-refractivity contribution >= 4 is 10.0 Å². The lowest BCUT2D eigenvalue weighted by molar-refractivity contribution is 0.268. The van der Waals surface area contributed by atoms with E-state index in [1.165, 1.54) is 0 Å². The van der Waals surface area contributed by atoms with Gasteiger partial charge in [-0.15, -0.1) is 10.2 Å². The first-order valence-corrected chi connectivity index (χ1v) is 9.80. The highest BCUT2D eigenvalue weighted by molar-refractivity contribution is 7.89. The van der Waals surface area contributed by atoms with Gasteiger partial charge in [-0.1, -0.05) is 32.0 Å². The minimum atomic E-state index is -3.42. The molecular formula is C17H24N4O2S. The van der Waals surface area contributed by atoms with Crippen molar-refractivity contribution in [1.82, 2.24) is 19.1 Å². The average molecular weight is 348 g/mol. The van der Waals surface area contributed by atoms with Crippen LogP contribution >= 0.6 is 0 Å². The van der Waals surface area contributed by atoms with Crippen LogP contribution in [-0.2, 0) is 10.0 Å². The van der Waals surface area contributed by atoms with Crippen LogP contribution in [0.15, 0.2) is 35.5 Å². The van der Waals surface area contributed by atoms with Gasteiger partial charge in [0.15, 0.2) is 0 Å². The summed E-state index contributed by atoms with van der Waals surface area (Å²) in [5.74, 6) is 1.27. The molecule has 0 aliphatic carbocycles. The lowest BCUT2D eigenvalue weighted by Gasteiger charge is -2.32. The fourth-order valence-electron chi connectivity index (χ4n) is 3.29. The van der Waals surface area contributed by atoms with Gasteiger partial charge in [0.1, 0.15) is 12.2 Å². The van der Waals surface area contributed by atoms with Crippen molar-refractivity contribution in [2.24, 2.45) is 0 Å². The number of hydrogen-bond donors (Lipinski definition) is 0. The van der Waals surface area contributed by atoms with E-state index in [0.717, 1.165) is 24.2 Å². The number of nitrogens with zero attached hydrogens (tertiary/aromatic N) is 4. The second kappa shape index (κ2) is 6.64. The SMILES string of the molecule is Cc1ccccc1S(=O)(=O)N1CCC(n2cnnc2C(C)C)CC1. The molecule has 2 heterocycles. The average Bonchev–Trinajstić information content (AvgIpc) is 3.05. The molecular weight excluding hydrogens is 324 g/mol. The van der Waals surface area contributed by atoms with Crippen LogP contribution in [0, 0.1) is 6.92 Å². The summed E-state index contributed by atoms with van der Waals surface area (Å²) in [5.41, 5.74) is 0.792. The summed E-state index contributed by atoms with van der Waals surface area (Å²) in [5, 5.41) is 8.23. The molecule has 3 rings (SSSR count). The molecule has 6 nitrogen and oxygen atoms in total. The highest BCUT2D eigenvalue weighted by Gasteiger charge is 2.31. The van der Waals surface area contributed by atoms with Crippen LogP contribution in [0.4, 0.5) is 0 Å². The molecule has 0 saturated carbocycles. The molecule has 24 heavy (non-hydrogen) atoms. The van der Waals surface area contributed by atoms with E-state index in [2.05, 4.69) is 28.6 Å². The van der Waals surface area contributed by atoms with Crippen molar-refractivity contribution in [1.29, 1.82) is 0 Å². The van der Waals surface area contributed by atoms with E-state index < -0.39 is 10.0 Å². The first-order valence-electron chi connectivity index (χ1n) is 8.36. The number of rotatable bonds is 4. The lowest BCUT2D eigenvalue weighted by atomic mass is 10.1. The van der Waals surface area contributed by atoms with Crippen LogP contribution in [0.2, 0.25) is 0 Å². The number of sulfonamides is 1. The van der Waals surface area contributed by atoms with Crippen molar-refractivity contribution in [3.8, 4) is 0 Å². The topological polar surface area (TPSA) is 68.1 Å². The smallest absolute Gasteiger partial charge is 0.243 e. The standard InChI is InChI=1S/C17H24N4O2S/c1-13(2)17-19-18-12-21(17)15-8-10-20(11-9-15)24(22,23)16-7-5-4-6-14(16)3/h4-7,12-13,15H,8-11H2,1-3H3. The van der Waals surface area contributed by atoms with E-state index in [0.29, 0.717) is 23.9 Å². The molecule has 130 valence electrons. The number of aromatic nitrogens is 3. The fraction of sp³-hybridized carbons (Fsp3) is 0.529. The van der Waals surface area contributed by atoms with Crippen LogP contribution in [0.3, 0.4) is 0 Å². The Morgan fingerprint density at radius 3 is 2.46 bits per heavy atom. The van der Waals surface area contributed by atoms with Crippen molar-refractivity contribution in [2.75, 3.05) is 13.1 Å². The molecule has 0 amide bonds. The molecule has 0 spiro atoms. The Bertz CT molecular complexity index is 806. The molecule has 0 bridgehead atoms. The number of aryl methyl sites for hydroxylation is 1. The largest absolute Gasteiger partial charge is 0.314 e. The van der Waals surface area contributed by atoms with Crippen LogP contribution in [-0.4, -0.2) is 40.6 Å². The normalized spacial score (nSPS) is 17.5. The van der Waals surface area contributed by atoms with Gasteiger partial charge in [-0.05, 0) is 31.4 Å². The zero-order valence-corrected chi connectivity index (χ0v) is 15.2. The van der Waals surface area contributed by atoms with E-state index in [9.17, 15) is 8.42 Å². The second-order valence-corrected chi connectivity index (χ2v) is 8.56. The van der Waals surface area contributed by atoms with Gasteiger partial charge in [0.05, 0.1) is 4.90 Å². The second-order valence-electron chi connectivity index (χ2n) is 6.65. The van der Waals surface area contributed by atoms with E-state index in [1.54, 1.807) is 22.8 Å². The predicted octanol–water partition coefficient (Wildman–Crippen LogP) is 2.74.